The van der Waals surface area contributed by atoms with Crippen molar-refractivity contribution >= 4 is 52.6 Å². The Morgan fingerprint density at radius 1 is 0.902 bits per heavy atom. The zero-order chi connectivity index (χ0) is 42.4. The van der Waals surface area contributed by atoms with E-state index in [9.17, 15) is 24.0 Å². The minimum Gasteiger partial charge on any atom is -0.490 e. The van der Waals surface area contributed by atoms with Crippen molar-refractivity contribution in [1.82, 2.24) is 30.6 Å². The number of nitrogens with zero attached hydrogens (tertiary/aromatic N) is 7. The van der Waals surface area contributed by atoms with Gasteiger partial charge in [-0.1, -0.05) is 11.6 Å². The van der Waals surface area contributed by atoms with Gasteiger partial charge >= 0.3 is 0 Å². The molecule has 318 valence electrons. The quantitative estimate of drug-likeness (QED) is 0.289. The Morgan fingerprint density at radius 2 is 1.62 bits per heavy atom. The van der Waals surface area contributed by atoms with Gasteiger partial charge in [0.1, 0.15) is 23.7 Å². The summed E-state index contributed by atoms with van der Waals surface area (Å²) >= 11 is 6.15. The lowest BCUT2D eigenvalue weighted by atomic mass is 9.72. The summed E-state index contributed by atoms with van der Waals surface area (Å²) in [6.07, 6.45) is 7.14. The second-order valence-electron chi connectivity index (χ2n) is 17.5. The van der Waals surface area contributed by atoms with Gasteiger partial charge in [-0.25, -0.2) is 4.39 Å². The first-order chi connectivity index (χ1) is 29.5. The van der Waals surface area contributed by atoms with E-state index in [-0.39, 0.29) is 53.1 Å². The van der Waals surface area contributed by atoms with E-state index in [0.29, 0.717) is 41.0 Å². The van der Waals surface area contributed by atoms with Gasteiger partial charge in [0.05, 0.1) is 33.5 Å². The van der Waals surface area contributed by atoms with E-state index in [1.807, 2.05) is 17.0 Å². The average Bonchev–Trinajstić information content (AvgIpc) is 3.48. The molecule has 5 aliphatic heterocycles. The molecule has 1 spiro atoms. The van der Waals surface area contributed by atoms with Gasteiger partial charge in [0.15, 0.2) is 11.5 Å². The summed E-state index contributed by atoms with van der Waals surface area (Å²) in [5, 5.41) is 23.4. The topological polar surface area (TPSA) is 181 Å². The number of benzene rings is 2. The summed E-state index contributed by atoms with van der Waals surface area (Å²) in [5.41, 5.74) is 1.27. The lowest BCUT2D eigenvalue weighted by Crippen LogP contribution is -2.61. The van der Waals surface area contributed by atoms with Crippen LogP contribution in [0.3, 0.4) is 0 Å². The van der Waals surface area contributed by atoms with Crippen LogP contribution in [0.2, 0.25) is 5.02 Å². The highest BCUT2D eigenvalue weighted by Gasteiger charge is 2.47. The van der Waals surface area contributed by atoms with Crippen LogP contribution in [-0.4, -0.2) is 114 Å². The van der Waals surface area contributed by atoms with Crippen molar-refractivity contribution < 1.29 is 33.1 Å². The first-order valence-electron chi connectivity index (χ1n) is 21.2. The number of fused-ring (bicyclic) bond motifs is 1. The standard InChI is InChI=1S/C44H47ClFN9O6/c45-33-19-30(4-1-27(33)22-47)61-29-5-2-28(3-6-29)48-40(57)35-7-9-38(51-50-35)54-24-44(25-54)13-17-52(18-14-44)23-26-11-15-53(16-12-26)37-21-32-31(20-34(37)46)42(59)55(43(32)60)36-8-10-39(56)49-41(36)58/h1,4,7,9,19-21,26,28-29,36H,2-3,5-6,8,10-18,23-25H2,(H,48,57)(H,49,56,58)/t28-,29-,36?. The number of piperidine rings is 3. The number of carbonyl (C=O) groups is 5. The number of rotatable bonds is 9. The third kappa shape index (κ3) is 8.25. The first-order valence-corrected chi connectivity index (χ1v) is 21.6. The molecule has 1 atom stereocenters. The minimum absolute atomic E-state index is 0.0140. The van der Waals surface area contributed by atoms with Gasteiger partial charge < -0.3 is 24.8 Å². The second kappa shape index (κ2) is 16.7. The van der Waals surface area contributed by atoms with Gasteiger partial charge in [0.25, 0.3) is 17.7 Å². The molecule has 5 amide bonds. The molecule has 9 rings (SSSR count). The SMILES string of the molecule is N#Cc1ccc(O[C@H]2CC[C@H](NC(=O)c3ccc(N4CC5(CCN(CC6CCN(c7cc8c(cc7F)C(=O)N(C7CCC(=O)NC7=O)C8=O)CC6)CC5)C4)nn3)CC2)cc1Cl. The van der Waals surface area contributed by atoms with Crippen molar-refractivity contribution in [1.29, 1.82) is 5.26 Å². The molecule has 0 bridgehead atoms. The Labute approximate surface area is 357 Å². The number of halogens is 2. The highest BCUT2D eigenvalue weighted by atomic mass is 35.5. The molecular formula is C44H47ClFN9O6. The molecule has 1 unspecified atom stereocenters. The third-order valence-corrected chi connectivity index (χ3v) is 13.8. The maximum atomic E-state index is 15.5. The number of nitriles is 1. The van der Waals surface area contributed by atoms with Gasteiger partial charge in [0.2, 0.25) is 11.8 Å². The van der Waals surface area contributed by atoms with Crippen LogP contribution in [0.1, 0.15) is 101 Å². The van der Waals surface area contributed by atoms with Gasteiger partial charge in [-0.15, -0.1) is 10.2 Å². The molecule has 0 radical (unpaired) electrons. The number of carbonyl (C=O) groups excluding carboxylic acids is 5. The molecule has 6 aliphatic rings. The highest BCUT2D eigenvalue weighted by Crippen LogP contribution is 2.43. The Bertz CT molecular complexity index is 2290. The number of anilines is 2. The number of nitrogens with one attached hydrogen (secondary N) is 2. The van der Waals surface area contributed by atoms with E-state index in [4.69, 9.17) is 21.6 Å². The number of likely N-dealkylation sites (tertiary alicyclic amines) is 1. The number of ether oxygens (including phenoxy) is 1. The van der Waals surface area contributed by atoms with Gasteiger partial charge in [0, 0.05) is 56.7 Å². The summed E-state index contributed by atoms with van der Waals surface area (Å²) in [6.45, 7) is 6.07. The summed E-state index contributed by atoms with van der Waals surface area (Å²) < 4.78 is 21.5. The molecule has 1 aliphatic carbocycles. The number of hydrogen-bond donors (Lipinski definition) is 2. The van der Waals surface area contributed by atoms with Crippen molar-refractivity contribution in [3.05, 3.63) is 75.7 Å². The van der Waals surface area contributed by atoms with E-state index in [0.717, 1.165) is 101 Å². The predicted molar refractivity (Wildman–Crippen MR) is 221 cm³/mol. The van der Waals surface area contributed by atoms with Crippen LogP contribution in [0.25, 0.3) is 0 Å². The molecule has 1 saturated carbocycles. The van der Waals surface area contributed by atoms with Gasteiger partial charge in [-0.05, 0) is 113 Å². The molecule has 2 aromatic carbocycles. The fourth-order valence-electron chi connectivity index (χ4n) is 9.95. The molecule has 4 saturated heterocycles. The second-order valence-corrected chi connectivity index (χ2v) is 17.9. The van der Waals surface area contributed by atoms with E-state index in [1.54, 1.807) is 24.3 Å². The zero-order valence-corrected chi connectivity index (χ0v) is 34.5. The van der Waals surface area contributed by atoms with Crippen LogP contribution >= 0.6 is 11.6 Å². The average molecular weight is 852 g/mol. The zero-order valence-electron chi connectivity index (χ0n) is 33.7. The fourth-order valence-corrected chi connectivity index (χ4v) is 10.2. The van der Waals surface area contributed by atoms with Crippen molar-refractivity contribution in [2.45, 2.75) is 82.4 Å². The smallest absolute Gasteiger partial charge is 0.272 e. The predicted octanol–water partition coefficient (Wildman–Crippen LogP) is 4.48. The normalized spacial score (nSPS) is 24.3. The largest absolute Gasteiger partial charge is 0.490 e. The molecule has 15 nitrogen and oxygen atoms in total. The van der Waals surface area contributed by atoms with Crippen LogP contribution in [0.4, 0.5) is 15.9 Å². The lowest BCUT2D eigenvalue weighted by molar-refractivity contribution is -0.136. The van der Waals surface area contributed by atoms with Crippen LogP contribution in [0.15, 0.2) is 42.5 Å². The van der Waals surface area contributed by atoms with Crippen molar-refractivity contribution in [2.75, 3.05) is 55.6 Å². The van der Waals surface area contributed by atoms with Crippen LogP contribution in [-0.2, 0) is 9.59 Å². The summed E-state index contributed by atoms with van der Waals surface area (Å²) in [4.78, 5) is 71.1. The number of imide groups is 2. The monoisotopic (exact) mass is 851 g/mol. The summed E-state index contributed by atoms with van der Waals surface area (Å²) in [7, 11) is 0. The number of aromatic nitrogens is 2. The molecule has 5 fully saturated rings. The maximum Gasteiger partial charge on any atom is 0.272 e. The maximum absolute atomic E-state index is 15.5. The number of amides is 5. The molecule has 17 heteroatoms. The molecule has 61 heavy (non-hydrogen) atoms. The van der Waals surface area contributed by atoms with E-state index >= 15 is 4.39 Å². The first kappa shape index (κ1) is 40.7. The molecule has 3 aromatic rings. The van der Waals surface area contributed by atoms with Gasteiger partial charge in [-0.3, -0.25) is 34.2 Å². The van der Waals surface area contributed by atoms with Gasteiger partial charge in [-0.2, -0.15) is 5.26 Å². The molecule has 2 N–H and O–H groups in total. The van der Waals surface area contributed by atoms with Crippen molar-refractivity contribution in [2.24, 2.45) is 11.3 Å². The fraction of sp³-hybridized carbons (Fsp3) is 0.500. The Hall–Kier alpha value is -5.66. The van der Waals surface area contributed by atoms with Crippen LogP contribution in [0, 0.1) is 28.5 Å². The Balaban J connectivity index is 0.692. The van der Waals surface area contributed by atoms with Crippen molar-refractivity contribution in [3.8, 4) is 11.8 Å². The molecule has 1 aromatic heterocycles. The van der Waals surface area contributed by atoms with Crippen LogP contribution in [0.5, 0.6) is 5.75 Å². The lowest BCUT2D eigenvalue weighted by Gasteiger charge is -2.54. The third-order valence-electron chi connectivity index (χ3n) is 13.5. The highest BCUT2D eigenvalue weighted by molar-refractivity contribution is 6.31. The number of hydrogen-bond acceptors (Lipinski definition) is 12. The molecular weight excluding hydrogens is 805 g/mol. The summed E-state index contributed by atoms with van der Waals surface area (Å²) in [5.74, 6) is -1.43. The van der Waals surface area contributed by atoms with Crippen LogP contribution < -0.4 is 25.2 Å². The van der Waals surface area contributed by atoms with E-state index in [2.05, 4.69) is 30.6 Å². The molecule has 6 heterocycles. The Morgan fingerprint density at radius 3 is 2.28 bits per heavy atom. The van der Waals surface area contributed by atoms with E-state index < -0.39 is 35.5 Å². The Kier molecular flexibility index (Phi) is 11.1. The minimum atomic E-state index is -1.09. The summed E-state index contributed by atoms with van der Waals surface area (Å²) in [6, 6.07) is 12.2. The van der Waals surface area contributed by atoms with Crippen molar-refractivity contribution in [3.63, 3.8) is 0 Å². The van der Waals surface area contributed by atoms with E-state index in [1.165, 1.54) is 6.07 Å².